The number of hydrogen-bond donors (Lipinski definition) is 1. The fourth-order valence-electron chi connectivity index (χ4n) is 3.75. The van der Waals surface area contributed by atoms with Crippen LogP contribution in [0.1, 0.15) is 22.9 Å². The van der Waals surface area contributed by atoms with Gasteiger partial charge in [0.2, 0.25) is 0 Å². The van der Waals surface area contributed by atoms with Crippen LogP contribution in [0, 0.1) is 0 Å². The predicted octanol–water partition coefficient (Wildman–Crippen LogP) is 4.57. The van der Waals surface area contributed by atoms with Crippen LogP contribution in [0.4, 0.5) is 0 Å². The summed E-state index contributed by atoms with van der Waals surface area (Å²) in [6.07, 6.45) is 1.49. The van der Waals surface area contributed by atoms with Crippen molar-refractivity contribution in [2.24, 2.45) is 0 Å². The Balaban J connectivity index is 1.93. The molecule has 3 aromatic rings. The number of ketones is 1. The number of halogens is 1. The summed E-state index contributed by atoms with van der Waals surface area (Å²) < 4.78 is 16.3. The predicted molar refractivity (Wildman–Crippen MR) is 118 cm³/mol. The molecule has 1 N–H and O–H groups in total. The third kappa shape index (κ3) is 3.83. The molecule has 32 heavy (non-hydrogen) atoms. The Morgan fingerprint density at radius 3 is 2.47 bits per heavy atom. The third-order valence-electron chi connectivity index (χ3n) is 5.30. The van der Waals surface area contributed by atoms with Crippen LogP contribution >= 0.6 is 11.6 Å². The van der Waals surface area contributed by atoms with Gasteiger partial charge in [-0.25, -0.2) is 0 Å². The molecule has 1 unspecified atom stereocenters. The van der Waals surface area contributed by atoms with E-state index in [1.807, 2.05) is 0 Å². The van der Waals surface area contributed by atoms with Gasteiger partial charge in [-0.1, -0.05) is 11.6 Å². The minimum atomic E-state index is -0.930. The Labute approximate surface area is 189 Å². The molecule has 8 heteroatoms. The molecule has 164 valence electrons. The van der Waals surface area contributed by atoms with Gasteiger partial charge in [-0.05, 0) is 54.6 Å². The number of aliphatic hydroxyl groups excluding tert-OH is 1. The van der Waals surface area contributed by atoms with Gasteiger partial charge in [0, 0.05) is 16.1 Å². The summed E-state index contributed by atoms with van der Waals surface area (Å²) >= 11 is 5.96. The lowest BCUT2D eigenvalue weighted by molar-refractivity contribution is -0.140. The van der Waals surface area contributed by atoms with Gasteiger partial charge in [-0.2, -0.15) is 0 Å². The first-order valence-electron chi connectivity index (χ1n) is 9.73. The molecule has 2 heterocycles. The Morgan fingerprint density at radius 1 is 1.09 bits per heavy atom. The van der Waals surface area contributed by atoms with Crippen LogP contribution in [-0.4, -0.2) is 35.9 Å². The van der Waals surface area contributed by atoms with E-state index in [1.165, 1.54) is 25.4 Å². The van der Waals surface area contributed by atoms with Gasteiger partial charge in [-0.15, -0.1) is 0 Å². The smallest absolute Gasteiger partial charge is 0.296 e. The molecule has 1 fully saturated rings. The summed E-state index contributed by atoms with van der Waals surface area (Å²) in [6.45, 7) is 0.0278. The Bertz CT molecular complexity index is 1180. The van der Waals surface area contributed by atoms with Crippen LogP contribution < -0.4 is 9.47 Å². The van der Waals surface area contributed by atoms with Crippen LogP contribution in [0.25, 0.3) is 5.76 Å². The molecule has 1 aromatic heterocycles. The van der Waals surface area contributed by atoms with E-state index in [0.717, 1.165) is 0 Å². The maximum Gasteiger partial charge on any atom is 0.296 e. The van der Waals surface area contributed by atoms with Crippen LogP contribution in [0.15, 0.2) is 70.9 Å². The highest BCUT2D eigenvalue weighted by molar-refractivity contribution is 6.46. The first kappa shape index (κ1) is 21.5. The van der Waals surface area contributed by atoms with Crippen molar-refractivity contribution in [2.75, 3.05) is 14.2 Å². The number of benzene rings is 2. The molecule has 4 rings (SSSR count). The molecule has 1 aliphatic heterocycles. The summed E-state index contributed by atoms with van der Waals surface area (Å²) in [5.41, 5.74) is 0.792. The number of ether oxygens (including phenoxy) is 2. The molecule has 1 atom stereocenters. The first-order chi connectivity index (χ1) is 15.4. The summed E-state index contributed by atoms with van der Waals surface area (Å²) in [5, 5.41) is 11.6. The van der Waals surface area contributed by atoms with Gasteiger partial charge in [0.25, 0.3) is 11.7 Å². The highest BCUT2D eigenvalue weighted by Crippen LogP contribution is 2.44. The maximum absolute atomic E-state index is 13.1. The second-order valence-electron chi connectivity index (χ2n) is 7.12. The van der Waals surface area contributed by atoms with Crippen LogP contribution in [0.3, 0.4) is 0 Å². The van der Waals surface area contributed by atoms with Gasteiger partial charge in [0.1, 0.15) is 23.0 Å². The van der Waals surface area contributed by atoms with Crippen LogP contribution in [0.2, 0.25) is 5.02 Å². The minimum absolute atomic E-state index is 0.0278. The molecular weight excluding hydrogens is 434 g/mol. The molecule has 0 radical (unpaired) electrons. The second kappa shape index (κ2) is 8.80. The number of carbonyl (C=O) groups is 2. The third-order valence-corrected chi connectivity index (χ3v) is 5.55. The van der Waals surface area contributed by atoms with Crippen molar-refractivity contribution in [3.05, 3.63) is 88.3 Å². The number of likely N-dealkylation sites (tertiary alicyclic amines) is 1. The molecule has 0 saturated carbocycles. The normalized spacial score (nSPS) is 17.6. The fourth-order valence-corrected chi connectivity index (χ4v) is 3.88. The Kier molecular flexibility index (Phi) is 5.92. The molecule has 1 saturated heterocycles. The maximum atomic E-state index is 13.1. The van der Waals surface area contributed by atoms with Gasteiger partial charge in [0.15, 0.2) is 0 Å². The average molecular weight is 454 g/mol. The zero-order chi connectivity index (χ0) is 22.8. The van der Waals surface area contributed by atoms with Crippen molar-refractivity contribution in [2.45, 2.75) is 12.6 Å². The van der Waals surface area contributed by atoms with E-state index >= 15 is 0 Å². The second-order valence-corrected chi connectivity index (χ2v) is 7.56. The topological polar surface area (TPSA) is 89.2 Å². The van der Waals surface area contributed by atoms with E-state index < -0.39 is 17.7 Å². The SMILES string of the molecule is COc1ccc(OC)c(C2C(=C(O)c3ccc(Cl)cc3)C(=O)C(=O)N2Cc2ccco2)c1. The van der Waals surface area contributed by atoms with E-state index in [9.17, 15) is 14.7 Å². The Morgan fingerprint density at radius 2 is 1.84 bits per heavy atom. The molecule has 7 nitrogen and oxygen atoms in total. The van der Waals surface area contributed by atoms with Gasteiger partial charge >= 0.3 is 0 Å². The quantitative estimate of drug-likeness (QED) is 0.334. The molecule has 0 bridgehead atoms. The molecular formula is C24H20ClNO6. The largest absolute Gasteiger partial charge is 0.507 e. The number of rotatable bonds is 6. The summed E-state index contributed by atoms with van der Waals surface area (Å²) in [7, 11) is 3.00. The van der Waals surface area contributed by atoms with E-state index in [-0.39, 0.29) is 17.9 Å². The van der Waals surface area contributed by atoms with Crippen molar-refractivity contribution >= 4 is 29.1 Å². The van der Waals surface area contributed by atoms with E-state index in [4.69, 9.17) is 25.5 Å². The lowest BCUT2D eigenvalue weighted by Gasteiger charge is -2.26. The summed E-state index contributed by atoms with van der Waals surface area (Å²) in [6, 6.07) is 13.9. The highest BCUT2D eigenvalue weighted by Gasteiger charge is 2.47. The van der Waals surface area contributed by atoms with Crippen LogP contribution in [-0.2, 0) is 16.1 Å². The number of nitrogens with zero attached hydrogens (tertiary/aromatic N) is 1. The summed E-state index contributed by atoms with van der Waals surface area (Å²) in [4.78, 5) is 27.5. The van der Waals surface area contributed by atoms with Crippen LogP contribution in [0.5, 0.6) is 11.5 Å². The van der Waals surface area contributed by atoms with Gasteiger partial charge in [0.05, 0.1) is 38.6 Å². The van der Waals surface area contributed by atoms with E-state index in [0.29, 0.717) is 33.4 Å². The monoisotopic (exact) mass is 453 g/mol. The minimum Gasteiger partial charge on any atom is -0.507 e. The number of hydrogen-bond acceptors (Lipinski definition) is 6. The van der Waals surface area contributed by atoms with Crippen molar-refractivity contribution in [3.8, 4) is 11.5 Å². The lowest BCUT2D eigenvalue weighted by atomic mass is 9.94. The van der Waals surface area contributed by atoms with Gasteiger partial charge < -0.3 is 23.9 Å². The molecule has 0 spiro atoms. The van der Waals surface area contributed by atoms with Crippen molar-refractivity contribution in [3.63, 3.8) is 0 Å². The zero-order valence-corrected chi connectivity index (χ0v) is 18.1. The van der Waals surface area contributed by atoms with E-state index in [1.54, 1.807) is 54.6 Å². The molecule has 1 aliphatic rings. The van der Waals surface area contributed by atoms with Crippen molar-refractivity contribution in [1.29, 1.82) is 0 Å². The molecule has 0 aliphatic carbocycles. The number of carbonyl (C=O) groups excluding carboxylic acids is 2. The first-order valence-corrected chi connectivity index (χ1v) is 10.1. The number of methoxy groups -OCH3 is 2. The summed E-state index contributed by atoms with van der Waals surface area (Å²) in [5.74, 6) is -0.437. The van der Waals surface area contributed by atoms with E-state index in [2.05, 4.69) is 0 Å². The average Bonchev–Trinajstić information content (AvgIpc) is 3.41. The zero-order valence-electron chi connectivity index (χ0n) is 17.4. The highest BCUT2D eigenvalue weighted by atomic mass is 35.5. The van der Waals surface area contributed by atoms with Gasteiger partial charge in [-0.3, -0.25) is 9.59 Å². The standard InChI is InChI=1S/C24H20ClNO6/c1-30-16-9-10-19(31-2)18(12-16)21-20(22(27)14-5-7-15(25)8-6-14)23(28)24(29)26(21)13-17-4-3-11-32-17/h3-12,21,27H,13H2,1-2H3. The Hall–Kier alpha value is -3.71. The number of amides is 1. The van der Waals surface area contributed by atoms with Crippen molar-refractivity contribution < 1.29 is 28.6 Å². The number of Topliss-reactive ketones (excluding diaryl/α,β-unsaturated/α-hetero) is 1. The lowest BCUT2D eigenvalue weighted by Crippen LogP contribution is -2.29. The van der Waals surface area contributed by atoms with Crippen molar-refractivity contribution in [1.82, 2.24) is 4.90 Å². The molecule has 1 amide bonds. The number of aliphatic hydroxyl groups is 1. The fraction of sp³-hybridized carbons (Fsp3) is 0.167. The molecule has 2 aromatic carbocycles. The number of furan rings is 1.